The average molecular weight is 357 g/mol. The summed E-state index contributed by atoms with van der Waals surface area (Å²) in [4.78, 5) is 0. The summed E-state index contributed by atoms with van der Waals surface area (Å²) in [6.45, 7) is 1.07. The van der Waals surface area contributed by atoms with Gasteiger partial charge in [0.1, 0.15) is 30.8 Å². The zero-order valence-electron chi connectivity index (χ0n) is 14.9. The molecule has 0 saturated heterocycles. The number of nitrogens with two attached hydrogens (primary N) is 1. The number of rotatable bonds is 6. The maximum atomic E-state index is 12.5. The van der Waals surface area contributed by atoms with Gasteiger partial charge in [0.15, 0.2) is 0 Å². The zero-order chi connectivity index (χ0) is 18.7. The largest absolute Gasteiger partial charge is 0.489 e. The van der Waals surface area contributed by atoms with Gasteiger partial charge >= 0.3 is 0 Å². The van der Waals surface area contributed by atoms with Crippen molar-refractivity contribution in [3.05, 3.63) is 59.2 Å². The fourth-order valence-electron chi connectivity index (χ4n) is 2.92. The summed E-state index contributed by atoms with van der Waals surface area (Å²) in [6, 6.07) is 11.7. The third kappa shape index (κ3) is 3.66. The van der Waals surface area contributed by atoms with E-state index in [9.17, 15) is 9.50 Å². The number of aliphatic hydroxyl groups excluding tert-OH is 1. The second-order valence-electron chi connectivity index (χ2n) is 6.50. The smallest absolute Gasteiger partial charge is 0.142 e. The maximum Gasteiger partial charge on any atom is 0.142 e. The highest BCUT2D eigenvalue weighted by molar-refractivity contribution is 5.74. The van der Waals surface area contributed by atoms with Crippen LogP contribution in [0.5, 0.6) is 5.75 Å². The Hall–Kier alpha value is -2.57. The van der Waals surface area contributed by atoms with E-state index in [2.05, 4.69) is 16.7 Å². The van der Waals surface area contributed by atoms with E-state index in [1.54, 1.807) is 13.1 Å². The number of hydrogen-bond acceptors (Lipinski definition) is 5. The summed E-state index contributed by atoms with van der Waals surface area (Å²) in [6.07, 6.45) is 2.75. The van der Waals surface area contributed by atoms with Gasteiger partial charge in [-0.15, -0.1) is 0 Å². The van der Waals surface area contributed by atoms with Crippen molar-refractivity contribution >= 4 is 17.5 Å². The minimum absolute atomic E-state index is 0.127. The van der Waals surface area contributed by atoms with Crippen molar-refractivity contribution in [2.75, 3.05) is 31.0 Å². The van der Waals surface area contributed by atoms with Gasteiger partial charge in [0.05, 0.1) is 5.69 Å². The normalized spacial score (nSPS) is 19.4. The van der Waals surface area contributed by atoms with Crippen LogP contribution in [0.25, 0.3) is 6.08 Å². The number of anilines is 2. The third-order valence-corrected chi connectivity index (χ3v) is 4.41. The second-order valence-corrected chi connectivity index (χ2v) is 6.50. The van der Waals surface area contributed by atoms with E-state index >= 15 is 0 Å². The highest BCUT2D eigenvalue weighted by Gasteiger charge is 2.28. The van der Waals surface area contributed by atoms with E-state index in [1.807, 2.05) is 43.3 Å². The molecule has 3 rings (SSSR count). The van der Waals surface area contributed by atoms with Crippen LogP contribution in [0.4, 0.5) is 15.8 Å². The number of ether oxygens (including phenoxy) is 1. The Bertz CT molecular complexity index is 825. The van der Waals surface area contributed by atoms with Crippen molar-refractivity contribution in [3.63, 3.8) is 0 Å². The second kappa shape index (κ2) is 7.35. The summed E-state index contributed by atoms with van der Waals surface area (Å²) in [5.74, 6) is 0.507. The van der Waals surface area contributed by atoms with Gasteiger partial charge in [-0.3, -0.25) is 0 Å². The van der Waals surface area contributed by atoms with Crippen LogP contribution in [0.3, 0.4) is 0 Å². The fourth-order valence-corrected chi connectivity index (χ4v) is 2.92. The topological polar surface area (TPSA) is 79.5 Å². The van der Waals surface area contributed by atoms with Gasteiger partial charge in [-0.05, 0) is 48.4 Å². The van der Waals surface area contributed by atoms with Gasteiger partial charge in [0, 0.05) is 12.7 Å². The molecular weight excluding hydrogens is 333 g/mol. The molecule has 26 heavy (non-hydrogen) atoms. The molecule has 0 fully saturated rings. The number of alkyl halides is 1. The molecule has 0 radical (unpaired) electrons. The highest BCUT2D eigenvalue weighted by Crippen LogP contribution is 2.35. The van der Waals surface area contributed by atoms with Crippen LogP contribution in [0.1, 0.15) is 16.7 Å². The minimum Gasteiger partial charge on any atom is -0.489 e. The Morgan fingerprint density at radius 3 is 2.85 bits per heavy atom. The van der Waals surface area contributed by atoms with E-state index in [0.29, 0.717) is 5.75 Å². The Kier molecular flexibility index (Phi) is 5.15. The summed E-state index contributed by atoms with van der Waals surface area (Å²) >= 11 is 0. The molecule has 5 N–H and O–H groups in total. The van der Waals surface area contributed by atoms with Gasteiger partial charge in [0.25, 0.3) is 0 Å². The highest BCUT2D eigenvalue weighted by atomic mass is 19.1. The average Bonchev–Trinajstić information content (AvgIpc) is 2.66. The van der Waals surface area contributed by atoms with Gasteiger partial charge < -0.3 is 26.2 Å². The Morgan fingerprint density at radius 2 is 2.12 bits per heavy atom. The predicted molar refractivity (Wildman–Crippen MR) is 103 cm³/mol. The monoisotopic (exact) mass is 357 g/mol. The number of halogens is 1. The molecule has 6 heteroatoms. The number of aryl methyl sites for hydroxylation is 1. The van der Waals surface area contributed by atoms with Gasteiger partial charge in [-0.1, -0.05) is 23.8 Å². The summed E-state index contributed by atoms with van der Waals surface area (Å²) < 4.78 is 18.1. The molecule has 0 aromatic heterocycles. The Balaban J connectivity index is 1.90. The van der Waals surface area contributed by atoms with E-state index in [4.69, 9.17) is 10.5 Å². The lowest BCUT2D eigenvalue weighted by atomic mass is 9.93. The number of fused-ring (bicyclic) bond motifs is 1. The first-order valence-electron chi connectivity index (χ1n) is 8.51. The summed E-state index contributed by atoms with van der Waals surface area (Å²) in [7, 11) is 1.77. The van der Waals surface area contributed by atoms with Crippen molar-refractivity contribution in [3.8, 4) is 5.75 Å². The molecule has 1 aliphatic rings. The molecular formula is C20H24FN3O2. The first-order valence-corrected chi connectivity index (χ1v) is 8.51. The maximum absolute atomic E-state index is 12.5. The first-order chi connectivity index (χ1) is 12.4. The molecule has 0 spiro atoms. The molecule has 1 aliphatic heterocycles. The number of benzene rings is 2. The van der Waals surface area contributed by atoms with Crippen LogP contribution in [0, 0.1) is 6.92 Å². The van der Waals surface area contributed by atoms with Crippen molar-refractivity contribution in [2.24, 2.45) is 5.73 Å². The van der Waals surface area contributed by atoms with E-state index in [-0.39, 0.29) is 6.61 Å². The van der Waals surface area contributed by atoms with Crippen molar-refractivity contribution in [1.82, 2.24) is 0 Å². The lowest BCUT2D eigenvalue weighted by Gasteiger charge is -2.33. The van der Waals surface area contributed by atoms with E-state index in [0.717, 1.165) is 22.5 Å². The third-order valence-electron chi connectivity index (χ3n) is 4.41. The summed E-state index contributed by atoms with van der Waals surface area (Å²) in [5, 5.41) is 15.8. The molecule has 0 bridgehead atoms. The SMILES string of the molecule is CNc1ccc(C2(N)C=Cc3cc(C)ccc3N2)cc1OCC(O)CF. The van der Waals surface area contributed by atoms with E-state index in [1.165, 1.54) is 5.56 Å². The Labute approximate surface area is 152 Å². The molecule has 5 nitrogen and oxygen atoms in total. The fraction of sp³-hybridized carbons (Fsp3) is 0.300. The number of nitrogens with one attached hydrogen (secondary N) is 2. The van der Waals surface area contributed by atoms with Gasteiger partial charge in [0.2, 0.25) is 0 Å². The van der Waals surface area contributed by atoms with Crippen LogP contribution in [0.2, 0.25) is 0 Å². The van der Waals surface area contributed by atoms with Crippen LogP contribution in [-0.2, 0) is 5.66 Å². The molecule has 2 aromatic rings. The quantitative estimate of drug-likeness (QED) is 0.639. The molecule has 2 aromatic carbocycles. The Morgan fingerprint density at radius 1 is 1.31 bits per heavy atom. The zero-order valence-corrected chi connectivity index (χ0v) is 14.9. The van der Waals surface area contributed by atoms with Gasteiger partial charge in [-0.2, -0.15) is 0 Å². The standard InChI is InChI=1S/C20H24FN3O2/c1-13-3-5-17-14(9-13)7-8-20(22,24-17)15-4-6-18(23-2)19(10-15)26-12-16(25)11-21/h3-10,16,23-25H,11-12,22H2,1-2H3. The lowest BCUT2D eigenvalue weighted by Crippen LogP contribution is -2.44. The van der Waals surface area contributed by atoms with Crippen molar-refractivity contribution in [2.45, 2.75) is 18.7 Å². The summed E-state index contributed by atoms with van der Waals surface area (Å²) in [5.41, 5.74) is 10.4. The van der Waals surface area contributed by atoms with Crippen LogP contribution in [-0.4, -0.2) is 31.5 Å². The van der Waals surface area contributed by atoms with Crippen molar-refractivity contribution in [1.29, 1.82) is 0 Å². The number of hydrogen-bond donors (Lipinski definition) is 4. The molecule has 2 unspecified atom stereocenters. The molecule has 0 aliphatic carbocycles. The van der Waals surface area contributed by atoms with Crippen molar-refractivity contribution < 1.29 is 14.2 Å². The number of aliphatic hydroxyl groups is 1. The van der Waals surface area contributed by atoms with Gasteiger partial charge in [-0.25, -0.2) is 4.39 Å². The van der Waals surface area contributed by atoms with Crippen LogP contribution >= 0.6 is 0 Å². The molecule has 1 heterocycles. The lowest BCUT2D eigenvalue weighted by molar-refractivity contribution is 0.0844. The predicted octanol–water partition coefficient (Wildman–Crippen LogP) is 3.00. The first kappa shape index (κ1) is 18.2. The van der Waals surface area contributed by atoms with Crippen LogP contribution in [0.15, 0.2) is 42.5 Å². The van der Waals surface area contributed by atoms with E-state index < -0.39 is 18.4 Å². The minimum atomic E-state index is -1.15. The molecule has 0 saturated carbocycles. The molecule has 0 amide bonds. The molecule has 2 atom stereocenters. The van der Waals surface area contributed by atoms with Crippen LogP contribution < -0.4 is 21.1 Å². The molecule has 138 valence electrons.